The Morgan fingerprint density at radius 3 is 2.56 bits per heavy atom. The fourth-order valence-corrected chi connectivity index (χ4v) is 3.41. The molecule has 3 rings (SSSR count). The predicted molar refractivity (Wildman–Crippen MR) is 101 cm³/mol. The quantitative estimate of drug-likeness (QED) is 0.807. The van der Waals surface area contributed by atoms with E-state index in [0.29, 0.717) is 25.2 Å². The number of benzene rings is 1. The number of carbonyl (C=O) groups excluding carboxylic acids is 1. The van der Waals surface area contributed by atoms with Crippen LogP contribution in [0.5, 0.6) is 5.75 Å². The van der Waals surface area contributed by atoms with Gasteiger partial charge in [-0.05, 0) is 44.9 Å². The van der Waals surface area contributed by atoms with E-state index in [4.69, 9.17) is 9.72 Å². The molecule has 7 nitrogen and oxygen atoms in total. The highest BCUT2D eigenvalue weighted by molar-refractivity contribution is 5.78. The zero-order valence-electron chi connectivity index (χ0n) is 16.5. The van der Waals surface area contributed by atoms with E-state index < -0.39 is 5.60 Å². The van der Waals surface area contributed by atoms with Crippen molar-refractivity contribution < 1.29 is 14.6 Å². The predicted octanol–water partition coefficient (Wildman–Crippen LogP) is 2.33. The second-order valence-corrected chi connectivity index (χ2v) is 7.75. The van der Waals surface area contributed by atoms with Crippen LogP contribution in [0.3, 0.4) is 0 Å². The second-order valence-electron chi connectivity index (χ2n) is 7.75. The van der Waals surface area contributed by atoms with Crippen LogP contribution in [0.4, 0.5) is 0 Å². The van der Waals surface area contributed by atoms with Crippen molar-refractivity contribution in [3.8, 4) is 5.75 Å². The van der Waals surface area contributed by atoms with Gasteiger partial charge < -0.3 is 14.7 Å². The van der Waals surface area contributed by atoms with Gasteiger partial charge in [-0.2, -0.15) is 5.10 Å². The summed E-state index contributed by atoms with van der Waals surface area (Å²) in [6.45, 7) is 6.53. The number of likely N-dealkylation sites (tertiary alicyclic amines) is 1. The summed E-state index contributed by atoms with van der Waals surface area (Å²) in [5.41, 5.74) is 0.154. The molecule has 1 aliphatic heterocycles. The van der Waals surface area contributed by atoms with Gasteiger partial charge in [0.1, 0.15) is 11.6 Å². The third-order valence-electron chi connectivity index (χ3n) is 4.75. The van der Waals surface area contributed by atoms with Crippen LogP contribution in [-0.2, 0) is 17.8 Å². The van der Waals surface area contributed by atoms with E-state index in [0.717, 1.165) is 30.1 Å². The Morgan fingerprint density at radius 2 is 2.00 bits per heavy atom. The summed E-state index contributed by atoms with van der Waals surface area (Å²) in [4.78, 5) is 18.7. The van der Waals surface area contributed by atoms with Crippen molar-refractivity contribution in [2.45, 2.75) is 58.2 Å². The number of hydrogen-bond acceptors (Lipinski definition) is 5. The third kappa shape index (κ3) is 4.66. The number of nitrogens with zero attached hydrogens (tertiary/aromatic N) is 4. The topological polar surface area (TPSA) is 80.5 Å². The van der Waals surface area contributed by atoms with Crippen molar-refractivity contribution in [3.05, 3.63) is 41.5 Å². The smallest absolute Gasteiger partial charge is 0.223 e. The van der Waals surface area contributed by atoms with Gasteiger partial charge in [0.15, 0.2) is 5.82 Å². The Hall–Kier alpha value is -2.41. The molecule has 0 radical (unpaired) electrons. The van der Waals surface area contributed by atoms with Crippen molar-refractivity contribution in [2.24, 2.45) is 0 Å². The van der Waals surface area contributed by atoms with E-state index in [1.165, 1.54) is 0 Å². The summed E-state index contributed by atoms with van der Waals surface area (Å²) in [5.74, 6) is 2.35. The van der Waals surface area contributed by atoms with E-state index >= 15 is 0 Å². The molecule has 1 N–H and O–H groups in total. The first-order chi connectivity index (χ1) is 12.8. The second kappa shape index (κ2) is 7.68. The van der Waals surface area contributed by atoms with Gasteiger partial charge in [0.05, 0.1) is 25.3 Å². The molecule has 1 unspecified atom stereocenters. The number of amides is 1. The van der Waals surface area contributed by atoms with Crippen LogP contribution in [-0.4, -0.2) is 49.9 Å². The average Bonchev–Trinajstić information content (AvgIpc) is 3.19. The van der Waals surface area contributed by atoms with E-state index in [1.54, 1.807) is 25.6 Å². The number of aliphatic hydroxyl groups is 1. The van der Waals surface area contributed by atoms with Gasteiger partial charge in [-0.25, -0.2) is 9.67 Å². The zero-order chi connectivity index (χ0) is 19.6. The van der Waals surface area contributed by atoms with Crippen molar-refractivity contribution in [1.29, 1.82) is 0 Å². The molecule has 2 aromatic rings. The van der Waals surface area contributed by atoms with Gasteiger partial charge in [0.25, 0.3) is 0 Å². The lowest BCUT2D eigenvalue weighted by Crippen LogP contribution is -2.33. The molecule has 0 aliphatic carbocycles. The molecular weight excluding hydrogens is 344 g/mol. The maximum atomic E-state index is 12.2. The molecule has 7 heteroatoms. The minimum atomic E-state index is -0.922. The van der Waals surface area contributed by atoms with Gasteiger partial charge in [0.2, 0.25) is 5.91 Å². The van der Waals surface area contributed by atoms with Crippen molar-refractivity contribution >= 4 is 5.91 Å². The minimum absolute atomic E-state index is 0.150. The first-order valence-electron chi connectivity index (χ1n) is 9.35. The van der Waals surface area contributed by atoms with Crippen molar-refractivity contribution in [1.82, 2.24) is 19.7 Å². The number of carbonyl (C=O) groups is 1. The minimum Gasteiger partial charge on any atom is -0.497 e. The summed E-state index contributed by atoms with van der Waals surface area (Å²) in [6, 6.07) is 7.63. The molecule has 1 fully saturated rings. The number of hydrogen-bond donors (Lipinski definition) is 1. The maximum Gasteiger partial charge on any atom is 0.223 e. The van der Waals surface area contributed by atoms with Crippen LogP contribution in [0, 0.1) is 0 Å². The van der Waals surface area contributed by atoms with Crippen molar-refractivity contribution in [2.75, 3.05) is 13.7 Å². The highest BCUT2D eigenvalue weighted by atomic mass is 16.5. The van der Waals surface area contributed by atoms with Crippen LogP contribution in [0.2, 0.25) is 0 Å². The summed E-state index contributed by atoms with van der Waals surface area (Å²) in [7, 11) is 1.64. The van der Waals surface area contributed by atoms with E-state index in [2.05, 4.69) is 5.10 Å². The molecule has 1 amide bonds. The number of methoxy groups -OCH3 is 1. The zero-order valence-corrected chi connectivity index (χ0v) is 16.5. The number of ether oxygens (including phenoxy) is 1. The maximum absolute atomic E-state index is 12.2. The molecule has 0 bridgehead atoms. The molecule has 1 aliphatic rings. The van der Waals surface area contributed by atoms with Crippen LogP contribution < -0.4 is 4.74 Å². The molecular formula is C20H28N4O3. The molecule has 27 heavy (non-hydrogen) atoms. The molecule has 0 saturated carbocycles. The van der Waals surface area contributed by atoms with Crippen LogP contribution in [0.25, 0.3) is 0 Å². The fraction of sp³-hybridized carbons (Fsp3) is 0.550. The Balaban J connectivity index is 1.87. The molecule has 2 heterocycles. The lowest BCUT2D eigenvalue weighted by atomic mass is 10.1. The van der Waals surface area contributed by atoms with Gasteiger partial charge in [-0.3, -0.25) is 4.79 Å². The van der Waals surface area contributed by atoms with Gasteiger partial charge in [-0.1, -0.05) is 12.1 Å². The van der Waals surface area contributed by atoms with Crippen LogP contribution >= 0.6 is 0 Å². The molecule has 0 spiro atoms. The lowest BCUT2D eigenvalue weighted by Gasteiger charge is -2.25. The van der Waals surface area contributed by atoms with E-state index in [-0.39, 0.29) is 11.9 Å². The fourth-order valence-electron chi connectivity index (χ4n) is 3.41. The Morgan fingerprint density at radius 1 is 1.30 bits per heavy atom. The summed E-state index contributed by atoms with van der Waals surface area (Å²) < 4.78 is 6.94. The van der Waals surface area contributed by atoms with E-state index in [1.807, 2.05) is 36.1 Å². The molecule has 1 atom stereocenters. The lowest BCUT2D eigenvalue weighted by molar-refractivity contribution is -0.129. The summed E-state index contributed by atoms with van der Waals surface area (Å²) >= 11 is 0. The SMILES string of the molecule is COc1ccc(Cc2nc(C(C)N3CCCC3=O)n(CC(C)(C)O)n2)cc1. The first-order valence-corrected chi connectivity index (χ1v) is 9.35. The Bertz CT molecular complexity index is 793. The van der Waals surface area contributed by atoms with Crippen molar-refractivity contribution in [3.63, 3.8) is 0 Å². The molecule has 1 aromatic heterocycles. The Labute approximate surface area is 160 Å². The standard InChI is InChI=1S/C20H28N4O3/c1-14(23-11-5-6-18(23)25)19-21-17(22-24(19)13-20(2,3)26)12-15-7-9-16(27-4)10-8-15/h7-10,14,26H,5-6,11-13H2,1-4H3. The van der Waals surface area contributed by atoms with Gasteiger partial charge in [0, 0.05) is 19.4 Å². The van der Waals surface area contributed by atoms with Crippen LogP contribution in [0.1, 0.15) is 56.9 Å². The highest BCUT2D eigenvalue weighted by Crippen LogP contribution is 2.26. The number of aromatic nitrogens is 3. The monoisotopic (exact) mass is 372 g/mol. The normalized spacial score (nSPS) is 16.0. The highest BCUT2D eigenvalue weighted by Gasteiger charge is 2.30. The number of rotatable bonds is 7. The molecule has 1 aromatic carbocycles. The van der Waals surface area contributed by atoms with Crippen LogP contribution in [0.15, 0.2) is 24.3 Å². The van der Waals surface area contributed by atoms with Gasteiger partial charge >= 0.3 is 0 Å². The first kappa shape index (κ1) is 19.4. The summed E-state index contributed by atoms with van der Waals surface area (Å²) in [6.07, 6.45) is 2.04. The summed E-state index contributed by atoms with van der Waals surface area (Å²) in [5, 5.41) is 14.9. The molecule has 1 saturated heterocycles. The van der Waals surface area contributed by atoms with E-state index in [9.17, 15) is 9.90 Å². The molecule has 146 valence electrons. The third-order valence-corrected chi connectivity index (χ3v) is 4.75. The Kier molecular flexibility index (Phi) is 5.51. The van der Waals surface area contributed by atoms with Gasteiger partial charge in [-0.15, -0.1) is 0 Å². The largest absolute Gasteiger partial charge is 0.497 e. The average molecular weight is 372 g/mol.